The first kappa shape index (κ1) is 26.5. The largest absolute Gasteiger partial charge is 0.394 e. The third-order valence-corrected chi connectivity index (χ3v) is 10.5. The summed E-state index contributed by atoms with van der Waals surface area (Å²) in [6, 6.07) is 0. The van der Waals surface area contributed by atoms with E-state index in [-0.39, 0.29) is 30.7 Å². The molecule has 1 saturated carbocycles. The highest BCUT2D eigenvalue weighted by Gasteiger charge is 2.66. The zero-order chi connectivity index (χ0) is 26.9. The summed E-state index contributed by atoms with van der Waals surface area (Å²) in [6.07, 6.45) is 4.30. The van der Waals surface area contributed by atoms with E-state index in [4.69, 9.17) is 9.97 Å². The molecule has 1 saturated heterocycles. The lowest BCUT2D eigenvalue weighted by Crippen LogP contribution is -2.49. The number of halogens is 5. The first-order chi connectivity index (χ1) is 17.0. The van der Waals surface area contributed by atoms with Gasteiger partial charge in [-0.1, -0.05) is 19.4 Å². The van der Waals surface area contributed by atoms with Gasteiger partial charge in [-0.3, -0.25) is 4.21 Å². The van der Waals surface area contributed by atoms with Gasteiger partial charge < -0.3 is 15.3 Å². The standard InChI is InChI=1S/C22H29F5N6O2S2/c1-21(2)10-16-17(36(21)35)19(32-22(13-34)6-3-7-22)31-20(30-16)33-8-4-14(5-9-33)18-28-11-15(12-29-18)37(23,24,25,26)27/h11-12,14,34H,3-10,13H2,1-2H3,(H,30,31,32)/t36-/m1/s1. The molecule has 4 heterocycles. The van der Waals surface area contributed by atoms with Crippen molar-refractivity contribution in [3.8, 4) is 0 Å². The van der Waals surface area contributed by atoms with Crippen LogP contribution in [0.15, 0.2) is 22.2 Å². The summed E-state index contributed by atoms with van der Waals surface area (Å²) < 4.78 is 77.6. The molecule has 0 unspecified atom stereocenters. The lowest BCUT2D eigenvalue weighted by Gasteiger charge is -2.42. The molecular formula is C22H29F5N6O2S2. The van der Waals surface area contributed by atoms with Gasteiger partial charge in [0, 0.05) is 25.4 Å². The summed E-state index contributed by atoms with van der Waals surface area (Å²) in [6.45, 7) is 4.66. The molecule has 0 spiro atoms. The number of aliphatic hydroxyl groups excluding tert-OH is 1. The number of hydrogen-bond donors (Lipinski definition) is 2. The second-order valence-electron chi connectivity index (χ2n) is 10.8. The second-order valence-corrected chi connectivity index (χ2v) is 15.2. The third-order valence-electron chi connectivity index (χ3n) is 7.44. The van der Waals surface area contributed by atoms with Gasteiger partial charge in [0.05, 0.1) is 45.8 Å². The van der Waals surface area contributed by atoms with Gasteiger partial charge in [-0.25, -0.2) is 15.0 Å². The van der Waals surface area contributed by atoms with Crippen LogP contribution in [-0.4, -0.2) is 59.2 Å². The Balaban J connectivity index is 1.36. The fourth-order valence-electron chi connectivity index (χ4n) is 5.02. The number of piperidine rings is 1. The molecule has 5 rings (SSSR count). The fourth-order valence-corrected chi connectivity index (χ4v) is 6.95. The normalized spacial score (nSPS) is 25.1. The summed E-state index contributed by atoms with van der Waals surface area (Å²) in [7, 11) is -11.1. The van der Waals surface area contributed by atoms with E-state index in [1.807, 2.05) is 18.7 Å². The number of nitrogens with zero attached hydrogens (tertiary/aromatic N) is 5. The molecule has 2 aromatic rings. The van der Waals surface area contributed by atoms with Crippen LogP contribution < -0.4 is 10.2 Å². The number of fused-ring (bicyclic) bond motifs is 1. The van der Waals surface area contributed by atoms with Gasteiger partial charge in [-0.05, 0) is 46.0 Å². The summed E-state index contributed by atoms with van der Waals surface area (Å²) in [5.41, 5.74) is 0.197. The van der Waals surface area contributed by atoms with Crippen molar-refractivity contribution in [3.05, 3.63) is 23.9 Å². The summed E-state index contributed by atoms with van der Waals surface area (Å²) in [5, 5.41) is 13.3. The Hall–Kier alpha value is -2.13. The highest BCUT2D eigenvalue weighted by molar-refractivity contribution is 8.45. The van der Waals surface area contributed by atoms with E-state index in [1.54, 1.807) is 0 Å². The van der Waals surface area contributed by atoms with E-state index in [0.29, 0.717) is 54.7 Å². The van der Waals surface area contributed by atoms with Gasteiger partial charge in [-0.2, -0.15) is 4.98 Å². The number of nitrogens with one attached hydrogen (secondary N) is 1. The Labute approximate surface area is 213 Å². The maximum Gasteiger partial charge on any atom is 0.313 e. The van der Waals surface area contributed by atoms with Crippen LogP contribution in [0, 0.1) is 0 Å². The lowest BCUT2D eigenvalue weighted by molar-refractivity contribution is 0.143. The molecule has 8 nitrogen and oxygen atoms in total. The van der Waals surface area contributed by atoms with E-state index in [0.717, 1.165) is 19.3 Å². The Kier molecular flexibility index (Phi) is 5.68. The molecule has 1 atom stereocenters. The Morgan fingerprint density at radius 1 is 1.11 bits per heavy atom. The zero-order valence-corrected chi connectivity index (χ0v) is 22.0. The highest BCUT2D eigenvalue weighted by atomic mass is 32.5. The number of aliphatic hydroxyl groups is 1. The van der Waals surface area contributed by atoms with E-state index >= 15 is 0 Å². The Morgan fingerprint density at radius 2 is 1.73 bits per heavy atom. The topological polar surface area (TPSA) is 104 Å². The van der Waals surface area contributed by atoms with Gasteiger partial charge in [0.1, 0.15) is 21.4 Å². The third kappa shape index (κ3) is 5.01. The van der Waals surface area contributed by atoms with Crippen molar-refractivity contribution in [3.63, 3.8) is 0 Å². The molecule has 37 heavy (non-hydrogen) atoms. The molecule has 0 amide bonds. The van der Waals surface area contributed by atoms with Crippen LogP contribution in [0.2, 0.25) is 0 Å². The predicted octanol–water partition coefficient (Wildman–Crippen LogP) is 5.08. The minimum atomic E-state index is -9.81. The van der Waals surface area contributed by atoms with Crippen molar-refractivity contribution >= 4 is 32.8 Å². The van der Waals surface area contributed by atoms with E-state index in [1.165, 1.54) is 0 Å². The van der Waals surface area contributed by atoms with Crippen LogP contribution in [0.4, 0.5) is 31.2 Å². The molecule has 3 aliphatic rings. The van der Waals surface area contributed by atoms with Crippen LogP contribution in [-0.2, 0) is 17.2 Å². The Morgan fingerprint density at radius 3 is 2.24 bits per heavy atom. The molecule has 206 valence electrons. The predicted molar refractivity (Wildman–Crippen MR) is 131 cm³/mol. The van der Waals surface area contributed by atoms with Gasteiger partial charge in [0.2, 0.25) is 5.95 Å². The molecule has 0 radical (unpaired) electrons. The summed E-state index contributed by atoms with van der Waals surface area (Å²) in [4.78, 5) is 17.1. The van der Waals surface area contributed by atoms with Crippen molar-refractivity contribution in [2.75, 3.05) is 29.9 Å². The van der Waals surface area contributed by atoms with Gasteiger partial charge in [0.25, 0.3) is 0 Å². The van der Waals surface area contributed by atoms with E-state index in [9.17, 15) is 28.7 Å². The van der Waals surface area contributed by atoms with Crippen LogP contribution in [0.5, 0.6) is 0 Å². The molecular weight excluding hydrogens is 539 g/mol. The summed E-state index contributed by atoms with van der Waals surface area (Å²) >= 11 is 0. The van der Waals surface area contributed by atoms with Gasteiger partial charge >= 0.3 is 10.2 Å². The summed E-state index contributed by atoms with van der Waals surface area (Å²) in [5.74, 6) is 0.707. The van der Waals surface area contributed by atoms with Gasteiger partial charge in [0.15, 0.2) is 0 Å². The van der Waals surface area contributed by atoms with Crippen LogP contribution in [0.25, 0.3) is 0 Å². The van der Waals surface area contributed by atoms with Crippen LogP contribution >= 0.6 is 10.2 Å². The Bertz CT molecular complexity index is 1240. The molecule has 15 heteroatoms. The molecule has 1 aliphatic carbocycles. The van der Waals surface area contributed by atoms with Crippen LogP contribution in [0.1, 0.15) is 63.4 Å². The van der Waals surface area contributed by atoms with Crippen molar-refractivity contribution in [1.29, 1.82) is 0 Å². The molecule has 2 N–H and O–H groups in total. The van der Waals surface area contributed by atoms with Crippen molar-refractivity contribution in [1.82, 2.24) is 19.9 Å². The average molecular weight is 569 g/mol. The maximum absolute atomic E-state index is 13.2. The van der Waals surface area contributed by atoms with Crippen LogP contribution in [0.3, 0.4) is 0 Å². The lowest BCUT2D eigenvalue weighted by atomic mass is 9.77. The average Bonchev–Trinajstić information content (AvgIpc) is 3.03. The second kappa shape index (κ2) is 7.94. The molecule has 2 fully saturated rings. The van der Waals surface area contributed by atoms with Crippen molar-refractivity contribution < 1.29 is 28.7 Å². The molecule has 2 aliphatic heterocycles. The minimum Gasteiger partial charge on any atom is -0.394 e. The maximum atomic E-state index is 13.2. The minimum absolute atomic E-state index is 0.0661. The molecule has 0 bridgehead atoms. The molecule has 2 aromatic heterocycles. The van der Waals surface area contributed by atoms with E-state index < -0.39 is 36.2 Å². The number of hydrogen-bond acceptors (Lipinski definition) is 8. The number of anilines is 2. The highest BCUT2D eigenvalue weighted by Crippen LogP contribution is 3.01. The van der Waals surface area contributed by atoms with Crippen molar-refractivity contribution in [2.24, 2.45) is 0 Å². The SMILES string of the molecule is CC1(C)Cc2nc(N3CCC(c4ncc(S(F)(F)(F)(F)F)cn4)CC3)nc(NC3(CO)CCC3)c2[S@]1=O. The van der Waals surface area contributed by atoms with E-state index in [2.05, 4.69) is 15.3 Å². The van der Waals surface area contributed by atoms with Gasteiger partial charge in [-0.15, -0.1) is 0 Å². The first-order valence-corrected chi connectivity index (χ1v) is 15.1. The smallest absolute Gasteiger partial charge is 0.313 e. The van der Waals surface area contributed by atoms with Crippen molar-refractivity contribution in [2.45, 2.75) is 78.4 Å². The molecule has 0 aromatic carbocycles. The quantitative estimate of drug-likeness (QED) is 0.466. The number of rotatable bonds is 6. The zero-order valence-electron chi connectivity index (χ0n) is 20.4. The monoisotopic (exact) mass is 568 g/mol. The number of aromatic nitrogens is 4. The fraction of sp³-hybridized carbons (Fsp3) is 0.636. The first-order valence-electron chi connectivity index (χ1n) is 12.0.